The fourth-order valence-electron chi connectivity index (χ4n) is 3.55. The second-order valence-electron chi connectivity index (χ2n) is 8.71. The summed E-state index contributed by atoms with van der Waals surface area (Å²) in [6.07, 6.45) is 21.1. The summed E-state index contributed by atoms with van der Waals surface area (Å²) in [5.74, 6) is -0.655. The van der Waals surface area contributed by atoms with E-state index < -0.39 is 5.97 Å². The van der Waals surface area contributed by atoms with E-state index in [0.29, 0.717) is 4.48 Å². The number of carboxylic acid groups (broad SMARTS) is 1. The Morgan fingerprint density at radius 1 is 0.680 bits per heavy atom. The summed E-state index contributed by atoms with van der Waals surface area (Å²) >= 11 is 0. The average molecular weight is 357 g/mol. The topological polar surface area (TPSA) is 37.3 Å². The normalized spacial score (nSPS) is 13.1. The van der Waals surface area contributed by atoms with E-state index >= 15 is 0 Å². The van der Waals surface area contributed by atoms with Crippen molar-refractivity contribution in [2.75, 3.05) is 21.1 Å². The van der Waals surface area contributed by atoms with Crippen LogP contribution in [0.2, 0.25) is 0 Å². The number of aliphatic carboxylic acids is 1. The molecule has 0 spiro atoms. The first-order chi connectivity index (χ1) is 11.9. The first-order valence-corrected chi connectivity index (χ1v) is 10.9. The molecular weight excluding hydrogens is 310 g/mol. The second kappa shape index (κ2) is 15.7. The molecule has 0 heterocycles. The molecule has 3 heteroatoms. The van der Waals surface area contributed by atoms with Crippen molar-refractivity contribution in [3.63, 3.8) is 0 Å². The van der Waals surface area contributed by atoms with Gasteiger partial charge >= 0.3 is 5.97 Å². The maximum absolute atomic E-state index is 11.3. The van der Waals surface area contributed by atoms with Crippen molar-refractivity contribution >= 4 is 5.97 Å². The number of unbranched alkanes of at least 4 members (excludes halogenated alkanes) is 14. The average Bonchev–Trinajstić information content (AvgIpc) is 2.53. The van der Waals surface area contributed by atoms with Gasteiger partial charge in [0.2, 0.25) is 0 Å². The number of likely N-dealkylation sites (N-methyl/N-ethyl adjacent to an activating group) is 1. The van der Waals surface area contributed by atoms with E-state index in [0.717, 1.165) is 12.8 Å². The summed E-state index contributed by atoms with van der Waals surface area (Å²) < 4.78 is 0.522. The highest BCUT2D eigenvalue weighted by Gasteiger charge is 2.30. The van der Waals surface area contributed by atoms with E-state index in [9.17, 15) is 9.90 Å². The van der Waals surface area contributed by atoms with Crippen LogP contribution in [0.4, 0.5) is 0 Å². The number of nitrogens with zero attached hydrogens (tertiary/aromatic N) is 1. The van der Waals surface area contributed by atoms with Crippen molar-refractivity contribution in [2.24, 2.45) is 0 Å². The summed E-state index contributed by atoms with van der Waals surface area (Å²) in [4.78, 5) is 11.3. The number of hydrogen-bond acceptors (Lipinski definition) is 1. The van der Waals surface area contributed by atoms with Crippen LogP contribution in [0.15, 0.2) is 0 Å². The summed E-state index contributed by atoms with van der Waals surface area (Å²) in [6, 6.07) is -0.262. The van der Waals surface area contributed by atoms with Crippen LogP contribution in [-0.2, 0) is 4.79 Å². The number of hydrogen-bond donors (Lipinski definition) is 1. The van der Waals surface area contributed by atoms with Crippen molar-refractivity contribution in [2.45, 2.75) is 116 Å². The van der Waals surface area contributed by atoms with Crippen molar-refractivity contribution in [3.05, 3.63) is 0 Å². The summed E-state index contributed by atoms with van der Waals surface area (Å²) in [5.41, 5.74) is 0. The van der Waals surface area contributed by atoms with Gasteiger partial charge < -0.3 is 9.59 Å². The Kier molecular flexibility index (Phi) is 15.3. The number of rotatable bonds is 18. The third kappa shape index (κ3) is 15.4. The highest BCUT2D eigenvalue weighted by Crippen LogP contribution is 2.16. The van der Waals surface area contributed by atoms with Crippen LogP contribution in [0, 0.1) is 0 Å². The molecule has 0 aromatic rings. The minimum Gasteiger partial charge on any atom is -0.477 e. The highest BCUT2D eigenvalue weighted by molar-refractivity contribution is 5.72. The molecule has 1 unspecified atom stereocenters. The van der Waals surface area contributed by atoms with Gasteiger partial charge in [-0.3, -0.25) is 0 Å². The maximum Gasteiger partial charge on any atom is 0.362 e. The first kappa shape index (κ1) is 24.4. The lowest BCUT2D eigenvalue weighted by atomic mass is 10.0. The van der Waals surface area contributed by atoms with E-state index in [1.54, 1.807) is 0 Å². The smallest absolute Gasteiger partial charge is 0.362 e. The summed E-state index contributed by atoms with van der Waals surface area (Å²) in [6.45, 7) is 2.28. The molecule has 0 aliphatic rings. The molecule has 0 aromatic carbocycles. The fourth-order valence-corrected chi connectivity index (χ4v) is 3.55. The largest absolute Gasteiger partial charge is 0.477 e. The SMILES string of the molecule is CCCCCCCCCCCCCCCCCC(C(=O)O)[N+](C)(C)C. The zero-order valence-electron chi connectivity index (χ0n) is 17.7. The summed E-state index contributed by atoms with van der Waals surface area (Å²) in [7, 11) is 5.93. The van der Waals surface area contributed by atoms with Gasteiger partial charge in [-0.05, 0) is 6.42 Å². The lowest BCUT2D eigenvalue weighted by Crippen LogP contribution is -2.49. The van der Waals surface area contributed by atoms with E-state index in [4.69, 9.17) is 0 Å². The Hall–Kier alpha value is -0.570. The molecule has 0 radical (unpaired) electrons. The van der Waals surface area contributed by atoms with Gasteiger partial charge in [-0.1, -0.05) is 96.8 Å². The Bertz CT molecular complexity index is 310. The van der Waals surface area contributed by atoms with Gasteiger partial charge in [0.1, 0.15) is 0 Å². The highest BCUT2D eigenvalue weighted by atomic mass is 16.4. The molecule has 0 saturated carbocycles. The molecule has 150 valence electrons. The Balaban J connectivity index is 3.32. The third-order valence-corrected chi connectivity index (χ3v) is 5.30. The molecule has 0 amide bonds. The molecule has 25 heavy (non-hydrogen) atoms. The standard InChI is InChI=1S/C22H45NO2/c1-5-6-7-8-9-10-11-12-13-14-15-16-17-18-19-20-21(22(24)25)23(2,3)4/h21H,5-20H2,1-4H3/p+1. The van der Waals surface area contributed by atoms with Crippen molar-refractivity contribution in [1.29, 1.82) is 0 Å². The lowest BCUT2D eigenvalue weighted by molar-refractivity contribution is -0.887. The van der Waals surface area contributed by atoms with E-state index in [1.165, 1.54) is 89.9 Å². The Morgan fingerprint density at radius 2 is 1.00 bits per heavy atom. The van der Waals surface area contributed by atoms with Gasteiger partial charge in [0, 0.05) is 6.42 Å². The van der Waals surface area contributed by atoms with Crippen LogP contribution in [0.3, 0.4) is 0 Å². The molecule has 0 aromatic heterocycles. The van der Waals surface area contributed by atoms with Gasteiger partial charge in [0.05, 0.1) is 21.1 Å². The molecule has 0 fully saturated rings. The van der Waals surface area contributed by atoms with Crippen LogP contribution >= 0.6 is 0 Å². The predicted molar refractivity (Wildman–Crippen MR) is 109 cm³/mol. The van der Waals surface area contributed by atoms with Gasteiger partial charge in [-0.25, -0.2) is 4.79 Å². The van der Waals surface area contributed by atoms with E-state index in [1.807, 2.05) is 21.1 Å². The van der Waals surface area contributed by atoms with Crippen LogP contribution < -0.4 is 0 Å². The van der Waals surface area contributed by atoms with Crippen LogP contribution in [-0.4, -0.2) is 42.7 Å². The number of quaternary nitrogens is 1. The minimum absolute atomic E-state index is 0.262. The zero-order valence-corrected chi connectivity index (χ0v) is 17.7. The van der Waals surface area contributed by atoms with Gasteiger partial charge in [-0.15, -0.1) is 0 Å². The Labute approximate surface area is 157 Å². The number of carbonyl (C=O) groups is 1. The quantitative estimate of drug-likeness (QED) is 0.228. The molecule has 3 nitrogen and oxygen atoms in total. The second-order valence-corrected chi connectivity index (χ2v) is 8.71. The zero-order chi connectivity index (χ0) is 19.0. The summed E-state index contributed by atoms with van der Waals surface area (Å²) in [5, 5.41) is 9.31. The van der Waals surface area contributed by atoms with Crippen molar-refractivity contribution in [1.82, 2.24) is 0 Å². The molecule has 0 saturated heterocycles. The van der Waals surface area contributed by atoms with Gasteiger partial charge in [-0.2, -0.15) is 0 Å². The van der Waals surface area contributed by atoms with Crippen LogP contribution in [0.1, 0.15) is 110 Å². The first-order valence-electron chi connectivity index (χ1n) is 10.9. The third-order valence-electron chi connectivity index (χ3n) is 5.30. The molecule has 0 aliphatic heterocycles. The monoisotopic (exact) mass is 356 g/mol. The number of carboxylic acids is 1. The molecular formula is C22H46NO2+. The van der Waals surface area contributed by atoms with Crippen LogP contribution in [0.5, 0.6) is 0 Å². The fraction of sp³-hybridized carbons (Fsp3) is 0.955. The molecule has 0 bridgehead atoms. The Morgan fingerprint density at radius 3 is 1.28 bits per heavy atom. The minimum atomic E-state index is -0.655. The molecule has 1 atom stereocenters. The lowest BCUT2D eigenvalue weighted by Gasteiger charge is -2.31. The molecule has 0 aliphatic carbocycles. The van der Waals surface area contributed by atoms with Gasteiger partial charge in [0.15, 0.2) is 6.04 Å². The molecule has 1 N–H and O–H groups in total. The van der Waals surface area contributed by atoms with Crippen molar-refractivity contribution in [3.8, 4) is 0 Å². The predicted octanol–water partition coefficient (Wildman–Crippen LogP) is 6.41. The van der Waals surface area contributed by atoms with Gasteiger partial charge in [0.25, 0.3) is 0 Å². The molecule has 0 rings (SSSR count). The van der Waals surface area contributed by atoms with E-state index in [-0.39, 0.29) is 6.04 Å². The van der Waals surface area contributed by atoms with Crippen molar-refractivity contribution < 1.29 is 14.4 Å². The van der Waals surface area contributed by atoms with E-state index in [2.05, 4.69) is 6.92 Å². The maximum atomic E-state index is 11.3. The van der Waals surface area contributed by atoms with Crippen LogP contribution in [0.25, 0.3) is 0 Å².